The fourth-order valence-electron chi connectivity index (χ4n) is 2.75. The van der Waals surface area contributed by atoms with Crippen LogP contribution in [0.2, 0.25) is 0 Å². The van der Waals surface area contributed by atoms with Gasteiger partial charge in [-0.1, -0.05) is 0 Å². The van der Waals surface area contributed by atoms with Gasteiger partial charge in [-0.3, -0.25) is 9.52 Å². The summed E-state index contributed by atoms with van der Waals surface area (Å²) in [6, 6.07) is 9.66. The molecular weight excluding hydrogens is 331 g/mol. The second kappa shape index (κ2) is 6.24. The van der Waals surface area contributed by atoms with E-state index in [0.29, 0.717) is 18.7 Å². The van der Waals surface area contributed by atoms with E-state index in [1.54, 1.807) is 23.1 Å². The molecule has 1 fully saturated rings. The van der Waals surface area contributed by atoms with Gasteiger partial charge in [-0.15, -0.1) is 0 Å². The van der Waals surface area contributed by atoms with Crippen LogP contribution in [0, 0.1) is 12.7 Å². The molecule has 0 spiro atoms. The molecule has 1 aliphatic heterocycles. The zero-order valence-corrected chi connectivity index (χ0v) is 13.9. The maximum absolute atomic E-state index is 12.9. The molecule has 24 heavy (non-hydrogen) atoms. The van der Waals surface area contributed by atoms with Crippen molar-refractivity contribution in [3.05, 3.63) is 53.8 Å². The van der Waals surface area contributed by atoms with Crippen molar-refractivity contribution in [1.82, 2.24) is 0 Å². The van der Waals surface area contributed by atoms with Crippen molar-refractivity contribution in [3.8, 4) is 0 Å². The van der Waals surface area contributed by atoms with E-state index in [0.717, 1.165) is 29.8 Å². The molecule has 126 valence electrons. The van der Waals surface area contributed by atoms with Crippen LogP contribution in [0.1, 0.15) is 18.4 Å². The fraction of sp³-hybridized carbons (Fsp3) is 0.235. The topological polar surface area (TPSA) is 66.5 Å². The van der Waals surface area contributed by atoms with Crippen molar-refractivity contribution in [2.24, 2.45) is 0 Å². The number of benzene rings is 2. The average Bonchev–Trinajstić information content (AvgIpc) is 2.93. The maximum Gasteiger partial charge on any atom is 0.261 e. The quantitative estimate of drug-likeness (QED) is 0.923. The lowest BCUT2D eigenvalue weighted by Crippen LogP contribution is -2.24. The number of nitrogens with zero attached hydrogens (tertiary/aromatic N) is 1. The van der Waals surface area contributed by atoms with Crippen LogP contribution in [0.4, 0.5) is 15.8 Å². The Balaban J connectivity index is 1.84. The predicted octanol–water partition coefficient (Wildman–Crippen LogP) is 3.06. The number of anilines is 2. The van der Waals surface area contributed by atoms with Crippen LogP contribution in [0.3, 0.4) is 0 Å². The monoisotopic (exact) mass is 348 g/mol. The molecular formula is C17H17FN2O3S. The third-order valence-corrected chi connectivity index (χ3v) is 5.33. The first-order valence-corrected chi connectivity index (χ1v) is 9.04. The van der Waals surface area contributed by atoms with E-state index in [-0.39, 0.29) is 10.8 Å². The number of hydrogen-bond acceptors (Lipinski definition) is 3. The minimum absolute atomic E-state index is 0.0136. The van der Waals surface area contributed by atoms with Crippen LogP contribution in [-0.2, 0) is 14.8 Å². The molecule has 0 bridgehead atoms. The summed E-state index contributed by atoms with van der Waals surface area (Å²) < 4.78 is 40.0. The largest absolute Gasteiger partial charge is 0.312 e. The molecule has 0 atom stereocenters. The second-order valence-corrected chi connectivity index (χ2v) is 7.39. The summed E-state index contributed by atoms with van der Waals surface area (Å²) in [7, 11) is -3.79. The van der Waals surface area contributed by atoms with Gasteiger partial charge in [-0.25, -0.2) is 12.8 Å². The van der Waals surface area contributed by atoms with Gasteiger partial charge < -0.3 is 4.90 Å². The first kappa shape index (κ1) is 16.4. The van der Waals surface area contributed by atoms with Gasteiger partial charge in [0.1, 0.15) is 5.82 Å². The van der Waals surface area contributed by atoms with Crippen LogP contribution in [-0.4, -0.2) is 20.9 Å². The van der Waals surface area contributed by atoms with Crippen molar-refractivity contribution in [1.29, 1.82) is 0 Å². The highest BCUT2D eigenvalue weighted by atomic mass is 32.2. The van der Waals surface area contributed by atoms with Crippen molar-refractivity contribution >= 4 is 27.3 Å². The number of rotatable bonds is 4. The van der Waals surface area contributed by atoms with Crippen LogP contribution >= 0.6 is 0 Å². The number of halogens is 1. The first-order chi connectivity index (χ1) is 11.4. The molecule has 0 unspecified atom stereocenters. The number of sulfonamides is 1. The van der Waals surface area contributed by atoms with Gasteiger partial charge in [0.2, 0.25) is 5.91 Å². The van der Waals surface area contributed by atoms with E-state index < -0.39 is 15.8 Å². The lowest BCUT2D eigenvalue weighted by Gasteiger charge is -2.19. The number of nitrogens with one attached hydrogen (secondary N) is 1. The highest BCUT2D eigenvalue weighted by molar-refractivity contribution is 7.92. The highest BCUT2D eigenvalue weighted by Crippen LogP contribution is 2.28. The van der Waals surface area contributed by atoms with Crippen LogP contribution in [0.5, 0.6) is 0 Å². The molecule has 7 heteroatoms. The van der Waals surface area contributed by atoms with Gasteiger partial charge in [0, 0.05) is 24.3 Å². The zero-order valence-electron chi connectivity index (χ0n) is 13.1. The predicted molar refractivity (Wildman–Crippen MR) is 90.0 cm³/mol. The molecule has 1 N–H and O–H groups in total. The molecule has 0 saturated carbocycles. The number of carbonyl (C=O) groups is 1. The van der Waals surface area contributed by atoms with Crippen LogP contribution in [0.15, 0.2) is 47.4 Å². The van der Waals surface area contributed by atoms with Gasteiger partial charge in [0.25, 0.3) is 10.0 Å². The minimum Gasteiger partial charge on any atom is -0.312 e. The summed E-state index contributed by atoms with van der Waals surface area (Å²) in [5, 5.41) is 0. The number of hydrogen-bond donors (Lipinski definition) is 1. The van der Waals surface area contributed by atoms with E-state index in [2.05, 4.69) is 4.72 Å². The summed E-state index contributed by atoms with van der Waals surface area (Å²) in [6.07, 6.45) is 1.37. The zero-order chi connectivity index (χ0) is 17.3. The van der Waals surface area contributed by atoms with Crippen molar-refractivity contribution in [2.45, 2.75) is 24.7 Å². The molecule has 3 rings (SSSR count). The number of carbonyl (C=O) groups excluding carboxylic acids is 1. The highest BCUT2D eigenvalue weighted by Gasteiger charge is 2.23. The van der Waals surface area contributed by atoms with Crippen molar-refractivity contribution < 1.29 is 17.6 Å². The molecule has 1 heterocycles. The third-order valence-electron chi connectivity index (χ3n) is 3.94. The standard InChI is InChI=1S/C17H17FN2O3S/c1-12-11-14(6-9-16(12)20-10-2-3-17(20)21)19-24(22,23)15-7-4-13(18)5-8-15/h4-9,11,19H,2-3,10H2,1H3. The Morgan fingerprint density at radius 3 is 2.42 bits per heavy atom. The second-order valence-electron chi connectivity index (χ2n) is 5.71. The summed E-state index contributed by atoms with van der Waals surface area (Å²) in [4.78, 5) is 13.5. The number of amides is 1. The summed E-state index contributed by atoms with van der Waals surface area (Å²) in [6.45, 7) is 2.51. The fourth-order valence-corrected chi connectivity index (χ4v) is 3.80. The lowest BCUT2D eigenvalue weighted by atomic mass is 10.1. The Kier molecular flexibility index (Phi) is 4.28. The Hall–Kier alpha value is -2.41. The SMILES string of the molecule is Cc1cc(NS(=O)(=O)c2ccc(F)cc2)ccc1N1CCCC1=O. The Morgan fingerprint density at radius 1 is 1.12 bits per heavy atom. The Bertz CT molecular complexity index is 879. The lowest BCUT2D eigenvalue weighted by molar-refractivity contribution is -0.117. The van der Waals surface area contributed by atoms with Gasteiger partial charge >= 0.3 is 0 Å². The van der Waals surface area contributed by atoms with Gasteiger partial charge in [-0.05, 0) is 61.4 Å². The van der Waals surface area contributed by atoms with E-state index in [1.807, 2.05) is 6.92 Å². The molecule has 2 aromatic carbocycles. The van der Waals surface area contributed by atoms with Crippen molar-refractivity contribution in [2.75, 3.05) is 16.2 Å². The summed E-state index contributed by atoms with van der Waals surface area (Å²) >= 11 is 0. The molecule has 0 aromatic heterocycles. The average molecular weight is 348 g/mol. The first-order valence-electron chi connectivity index (χ1n) is 7.56. The maximum atomic E-state index is 12.9. The normalized spacial score (nSPS) is 14.9. The van der Waals surface area contributed by atoms with E-state index >= 15 is 0 Å². The van der Waals surface area contributed by atoms with E-state index in [1.165, 1.54) is 12.1 Å². The van der Waals surface area contributed by atoms with Crippen molar-refractivity contribution in [3.63, 3.8) is 0 Å². The summed E-state index contributed by atoms with van der Waals surface area (Å²) in [5.74, 6) is -0.415. The Labute approximate surface area is 140 Å². The summed E-state index contributed by atoms with van der Waals surface area (Å²) in [5.41, 5.74) is 2.00. The van der Waals surface area contributed by atoms with Gasteiger partial charge in [-0.2, -0.15) is 0 Å². The molecule has 0 aliphatic carbocycles. The van der Waals surface area contributed by atoms with Crippen LogP contribution < -0.4 is 9.62 Å². The molecule has 5 nitrogen and oxygen atoms in total. The van der Waals surface area contributed by atoms with E-state index in [9.17, 15) is 17.6 Å². The molecule has 0 radical (unpaired) electrons. The van der Waals surface area contributed by atoms with E-state index in [4.69, 9.17) is 0 Å². The van der Waals surface area contributed by atoms with Gasteiger partial charge in [0.05, 0.1) is 4.90 Å². The number of aryl methyl sites for hydroxylation is 1. The Morgan fingerprint density at radius 2 is 1.83 bits per heavy atom. The molecule has 2 aromatic rings. The molecule has 1 saturated heterocycles. The van der Waals surface area contributed by atoms with Crippen LogP contribution in [0.25, 0.3) is 0 Å². The molecule has 1 aliphatic rings. The smallest absolute Gasteiger partial charge is 0.261 e. The van der Waals surface area contributed by atoms with Gasteiger partial charge in [0.15, 0.2) is 0 Å². The third kappa shape index (κ3) is 3.26. The molecule has 1 amide bonds. The minimum atomic E-state index is -3.79.